The molecule has 2 saturated carbocycles. The Morgan fingerprint density at radius 1 is 1.16 bits per heavy atom. The van der Waals surface area contributed by atoms with E-state index in [2.05, 4.69) is 39.1 Å². The van der Waals surface area contributed by atoms with Crippen LogP contribution in [0.3, 0.4) is 0 Å². The van der Waals surface area contributed by atoms with Crippen LogP contribution in [0.25, 0.3) is 0 Å². The maximum absolute atomic E-state index is 13.6. The van der Waals surface area contributed by atoms with Gasteiger partial charge in [-0.05, 0) is 79.7 Å². The summed E-state index contributed by atoms with van der Waals surface area (Å²) in [7, 11) is 0. The second-order valence-electron chi connectivity index (χ2n) is 11.2. The summed E-state index contributed by atoms with van der Waals surface area (Å²) in [5, 5.41) is 22.1. The molecule has 1 aromatic carbocycles. The van der Waals surface area contributed by atoms with Crippen molar-refractivity contribution in [3.63, 3.8) is 0 Å². The van der Waals surface area contributed by atoms with E-state index in [0.717, 1.165) is 25.2 Å². The first kappa shape index (κ1) is 22.9. The highest BCUT2D eigenvalue weighted by atomic mass is 16.4. The summed E-state index contributed by atoms with van der Waals surface area (Å²) < 4.78 is 0. The van der Waals surface area contributed by atoms with Gasteiger partial charge in [0.2, 0.25) is 5.91 Å². The number of hydrogen-bond acceptors (Lipinski definition) is 3. The highest BCUT2D eigenvalue weighted by Crippen LogP contribution is 2.63. The smallest absolute Gasteiger partial charge is 0.339 e. The zero-order valence-electron chi connectivity index (χ0n) is 19.8. The number of carbonyl (C=O) groups excluding carboxylic acids is 1. The molecule has 3 aliphatic rings. The van der Waals surface area contributed by atoms with Crippen LogP contribution in [0, 0.1) is 34.5 Å². The summed E-state index contributed by atoms with van der Waals surface area (Å²) in [6.45, 7) is 9.20. The van der Waals surface area contributed by atoms with Gasteiger partial charge in [-0.2, -0.15) is 0 Å². The zero-order valence-corrected chi connectivity index (χ0v) is 19.8. The molecule has 0 aliphatic heterocycles. The maximum atomic E-state index is 13.6. The second kappa shape index (κ2) is 8.24. The minimum Gasteiger partial charge on any atom is -0.507 e. The molecule has 174 valence electrons. The Morgan fingerprint density at radius 2 is 1.91 bits per heavy atom. The van der Waals surface area contributed by atoms with Gasteiger partial charge in [0.25, 0.3) is 0 Å². The predicted molar refractivity (Wildman–Crippen MR) is 126 cm³/mol. The van der Waals surface area contributed by atoms with Gasteiger partial charge in [0.05, 0.1) is 5.41 Å². The van der Waals surface area contributed by atoms with E-state index < -0.39 is 11.4 Å². The van der Waals surface area contributed by atoms with Crippen LogP contribution in [0.15, 0.2) is 29.8 Å². The van der Waals surface area contributed by atoms with Crippen LogP contribution in [0.5, 0.6) is 5.75 Å². The lowest BCUT2D eigenvalue weighted by Crippen LogP contribution is -2.54. The van der Waals surface area contributed by atoms with Crippen molar-refractivity contribution in [3.05, 3.63) is 35.4 Å². The fraction of sp³-hybridized carbons (Fsp3) is 0.630. The molecule has 0 aromatic heterocycles. The lowest BCUT2D eigenvalue weighted by Gasteiger charge is -2.58. The second-order valence-corrected chi connectivity index (χ2v) is 11.2. The Labute approximate surface area is 191 Å². The molecule has 0 heterocycles. The van der Waals surface area contributed by atoms with Crippen LogP contribution in [-0.4, -0.2) is 22.1 Å². The predicted octanol–water partition coefficient (Wildman–Crippen LogP) is 6.24. The summed E-state index contributed by atoms with van der Waals surface area (Å²) >= 11 is 0. The first-order valence-electron chi connectivity index (χ1n) is 12.1. The van der Waals surface area contributed by atoms with E-state index >= 15 is 0 Å². The number of benzene rings is 1. The summed E-state index contributed by atoms with van der Waals surface area (Å²) in [6, 6.07) is 4.22. The number of nitrogens with one attached hydrogen (secondary N) is 1. The number of allylic oxidation sites excluding steroid dienone is 2. The van der Waals surface area contributed by atoms with Gasteiger partial charge >= 0.3 is 5.97 Å². The van der Waals surface area contributed by atoms with Crippen LogP contribution in [0.1, 0.15) is 83.0 Å². The normalized spacial score (nSPS) is 34.3. The Balaban J connectivity index is 1.58. The number of aromatic hydroxyl groups is 1. The van der Waals surface area contributed by atoms with Gasteiger partial charge in [-0.3, -0.25) is 4.79 Å². The topological polar surface area (TPSA) is 86.6 Å². The van der Waals surface area contributed by atoms with Gasteiger partial charge in [-0.1, -0.05) is 45.8 Å². The standard InChI is InChI=1S/C27H37NO4/c1-16(2)17-6-10-21-18(14-17)7-11-23-26(21,3)12-5-13-27(23,4)25(32)28-19-8-9-20(24(30)31)22(29)15-19/h7-9,15-17,21,23,29H,5-6,10-14H2,1-4H3,(H,28,32)(H,30,31)/t17?,21-,23?,26+,27+/m0/s1. The number of phenols is 1. The maximum Gasteiger partial charge on any atom is 0.339 e. The summed E-state index contributed by atoms with van der Waals surface area (Å²) in [4.78, 5) is 24.8. The third kappa shape index (κ3) is 3.74. The lowest BCUT2D eigenvalue weighted by atomic mass is 9.46. The van der Waals surface area contributed by atoms with Gasteiger partial charge in [-0.15, -0.1) is 0 Å². The number of fused-ring (bicyclic) bond motifs is 3. The number of aromatic carboxylic acids is 1. The molecule has 1 amide bonds. The molecule has 3 N–H and O–H groups in total. The van der Waals surface area contributed by atoms with Crippen LogP contribution >= 0.6 is 0 Å². The largest absolute Gasteiger partial charge is 0.507 e. The van der Waals surface area contributed by atoms with Gasteiger partial charge < -0.3 is 15.5 Å². The van der Waals surface area contributed by atoms with Crippen LogP contribution in [0.4, 0.5) is 5.69 Å². The van der Waals surface area contributed by atoms with Crippen molar-refractivity contribution in [1.82, 2.24) is 0 Å². The van der Waals surface area contributed by atoms with Crippen molar-refractivity contribution in [2.24, 2.45) is 34.5 Å². The summed E-state index contributed by atoms with van der Waals surface area (Å²) in [5.74, 6) is 0.797. The minimum atomic E-state index is -1.19. The molecular weight excluding hydrogens is 402 g/mol. The number of anilines is 1. The highest BCUT2D eigenvalue weighted by molar-refractivity contribution is 5.97. The molecule has 3 aliphatic carbocycles. The summed E-state index contributed by atoms with van der Waals surface area (Å²) in [6.07, 6.45) is 10.2. The fourth-order valence-electron chi connectivity index (χ4n) is 7.13. The van der Waals surface area contributed by atoms with Gasteiger partial charge in [0, 0.05) is 11.8 Å². The SMILES string of the molecule is CC(C)C1CC[C@H]2C(=CCC3[C@](C)(C(=O)Nc4ccc(C(=O)O)c(O)c4)CCC[C@@]32C)C1. The molecule has 0 bridgehead atoms. The Bertz CT molecular complexity index is 951. The highest BCUT2D eigenvalue weighted by Gasteiger charge is 2.57. The van der Waals surface area contributed by atoms with E-state index in [1.165, 1.54) is 37.8 Å². The van der Waals surface area contributed by atoms with Crippen LogP contribution < -0.4 is 5.32 Å². The Morgan fingerprint density at radius 3 is 2.56 bits per heavy atom. The molecule has 2 unspecified atom stereocenters. The van der Waals surface area contributed by atoms with E-state index in [-0.39, 0.29) is 28.6 Å². The quantitative estimate of drug-likeness (QED) is 0.484. The zero-order chi connectivity index (χ0) is 23.3. The van der Waals surface area contributed by atoms with Crippen molar-refractivity contribution in [2.45, 2.75) is 72.6 Å². The van der Waals surface area contributed by atoms with Crippen molar-refractivity contribution in [2.75, 3.05) is 5.32 Å². The number of rotatable bonds is 4. The molecule has 5 atom stereocenters. The number of carboxylic acids is 1. The number of hydrogen-bond donors (Lipinski definition) is 3. The number of carbonyl (C=O) groups is 2. The summed E-state index contributed by atoms with van der Waals surface area (Å²) in [5.41, 5.74) is 1.54. The molecule has 5 nitrogen and oxygen atoms in total. The van der Waals surface area contributed by atoms with E-state index in [9.17, 15) is 14.7 Å². The third-order valence-electron chi connectivity index (χ3n) is 9.11. The number of amides is 1. The van der Waals surface area contributed by atoms with E-state index in [1.807, 2.05) is 0 Å². The molecule has 4 rings (SSSR count). The molecule has 32 heavy (non-hydrogen) atoms. The monoisotopic (exact) mass is 439 g/mol. The Hall–Kier alpha value is -2.30. The van der Waals surface area contributed by atoms with Crippen molar-refractivity contribution in [1.29, 1.82) is 0 Å². The van der Waals surface area contributed by atoms with Crippen LogP contribution in [0.2, 0.25) is 0 Å². The average Bonchev–Trinajstić information content (AvgIpc) is 2.73. The molecule has 2 fully saturated rings. The van der Waals surface area contributed by atoms with Gasteiger partial charge in [0.1, 0.15) is 11.3 Å². The van der Waals surface area contributed by atoms with E-state index in [0.29, 0.717) is 17.5 Å². The van der Waals surface area contributed by atoms with Gasteiger partial charge in [0.15, 0.2) is 0 Å². The molecular formula is C27H37NO4. The van der Waals surface area contributed by atoms with Crippen molar-refractivity contribution in [3.8, 4) is 5.75 Å². The van der Waals surface area contributed by atoms with Crippen molar-refractivity contribution >= 4 is 17.6 Å². The minimum absolute atomic E-state index is 0.0244. The molecule has 5 heteroatoms. The first-order chi connectivity index (χ1) is 15.1. The van der Waals surface area contributed by atoms with E-state index in [1.54, 1.807) is 11.6 Å². The molecule has 0 saturated heterocycles. The first-order valence-corrected chi connectivity index (χ1v) is 12.1. The lowest BCUT2D eigenvalue weighted by molar-refractivity contribution is -0.139. The van der Waals surface area contributed by atoms with E-state index in [4.69, 9.17) is 5.11 Å². The Kier molecular flexibility index (Phi) is 5.89. The fourth-order valence-corrected chi connectivity index (χ4v) is 7.13. The van der Waals surface area contributed by atoms with Crippen LogP contribution in [-0.2, 0) is 4.79 Å². The number of carboxylic acid groups (broad SMARTS) is 1. The molecule has 0 spiro atoms. The molecule has 0 radical (unpaired) electrons. The third-order valence-corrected chi connectivity index (χ3v) is 9.11. The molecule has 1 aromatic rings. The average molecular weight is 440 g/mol. The van der Waals surface area contributed by atoms with Crippen molar-refractivity contribution < 1.29 is 19.8 Å². The van der Waals surface area contributed by atoms with Gasteiger partial charge in [-0.25, -0.2) is 4.79 Å².